The molecule has 0 bridgehead atoms. The van der Waals surface area contributed by atoms with Crippen molar-refractivity contribution < 1.29 is 9.47 Å². The highest BCUT2D eigenvalue weighted by Gasteiger charge is 2.07. The van der Waals surface area contributed by atoms with Crippen LogP contribution in [0.4, 0.5) is 0 Å². The monoisotopic (exact) mass is 461 g/mol. The van der Waals surface area contributed by atoms with Gasteiger partial charge in [-0.15, -0.1) is 24.0 Å². The summed E-state index contributed by atoms with van der Waals surface area (Å²) in [5.41, 5.74) is 0.940. The van der Waals surface area contributed by atoms with Crippen LogP contribution in [0.2, 0.25) is 0 Å². The zero-order valence-electron chi connectivity index (χ0n) is 14.6. The van der Waals surface area contributed by atoms with Gasteiger partial charge in [-0.1, -0.05) is 6.07 Å². The standard InChI is InChI=1S/C15H23N7O2.HI/c1-16-15(19-10-13-20-11-21-22(13)2)18-9-12-5-4-6-17-14(12)24-8-7-23-3;/h4-6,11H,7-10H2,1-3H3,(H2,16,18,19);1H. The first-order valence-corrected chi connectivity index (χ1v) is 7.57. The molecule has 2 heterocycles. The second kappa shape index (κ2) is 11.6. The third kappa shape index (κ3) is 6.82. The van der Waals surface area contributed by atoms with Crippen molar-refractivity contribution >= 4 is 29.9 Å². The van der Waals surface area contributed by atoms with Gasteiger partial charge in [-0.3, -0.25) is 9.67 Å². The first kappa shape index (κ1) is 21.1. The number of aryl methyl sites for hydroxylation is 1. The molecule has 0 saturated heterocycles. The van der Waals surface area contributed by atoms with Crippen molar-refractivity contribution in [3.05, 3.63) is 36.0 Å². The van der Waals surface area contributed by atoms with Gasteiger partial charge in [0.25, 0.3) is 0 Å². The number of guanidine groups is 1. The summed E-state index contributed by atoms with van der Waals surface area (Å²) >= 11 is 0. The third-order valence-electron chi connectivity index (χ3n) is 3.27. The number of ether oxygens (including phenoxy) is 2. The van der Waals surface area contributed by atoms with E-state index in [0.29, 0.717) is 38.1 Å². The smallest absolute Gasteiger partial charge is 0.218 e. The highest BCUT2D eigenvalue weighted by atomic mass is 127. The van der Waals surface area contributed by atoms with E-state index in [2.05, 4.69) is 30.7 Å². The summed E-state index contributed by atoms with van der Waals surface area (Å²) in [6, 6.07) is 3.83. The van der Waals surface area contributed by atoms with E-state index in [0.717, 1.165) is 11.4 Å². The molecule has 2 N–H and O–H groups in total. The molecule has 2 aromatic rings. The number of aliphatic imine (C=N–C) groups is 1. The van der Waals surface area contributed by atoms with Crippen molar-refractivity contribution in [1.82, 2.24) is 30.4 Å². The maximum absolute atomic E-state index is 5.62. The van der Waals surface area contributed by atoms with Gasteiger partial charge >= 0.3 is 0 Å². The Labute approximate surface area is 164 Å². The Morgan fingerprint density at radius 3 is 2.72 bits per heavy atom. The largest absolute Gasteiger partial charge is 0.475 e. The quantitative estimate of drug-likeness (QED) is 0.259. The summed E-state index contributed by atoms with van der Waals surface area (Å²) in [5, 5.41) is 10.4. The molecule has 0 unspecified atom stereocenters. The van der Waals surface area contributed by atoms with E-state index < -0.39 is 0 Å². The molecular weight excluding hydrogens is 437 g/mol. The molecule has 10 heteroatoms. The molecule has 25 heavy (non-hydrogen) atoms. The Morgan fingerprint density at radius 2 is 2.04 bits per heavy atom. The van der Waals surface area contributed by atoms with Crippen molar-refractivity contribution in [2.45, 2.75) is 13.1 Å². The van der Waals surface area contributed by atoms with Crippen molar-refractivity contribution in [2.75, 3.05) is 27.4 Å². The molecule has 0 amide bonds. The molecule has 138 valence electrons. The highest BCUT2D eigenvalue weighted by molar-refractivity contribution is 14.0. The van der Waals surface area contributed by atoms with Gasteiger partial charge < -0.3 is 20.1 Å². The normalized spacial score (nSPS) is 10.9. The van der Waals surface area contributed by atoms with Gasteiger partial charge in [0, 0.05) is 39.5 Å². The predicted octanol–water partition coefficient (Wildman–Crippen LogP) is 0.718. The number of hydrogen-bond donors (Lipinski definition) is 2. The van der Waals surface area contributed by atoms with E-state index in [4.69, 9.17) is 9.47 Å². The number of aromatic nitrogens is 4. The molecule has 0 aromatic carbocycles. The maximum atomic E-state index is 5.62. The zero-order chi connectivity index (χ0) is 17.2. The summed E-state index contributed by atoms with van der Waals surface area (Å²) in [7, 11) is 5.20. The molecule has 0 radical (unpaired) electrons. The number of nitrogens with zero attached hydrogens (tertiary/aromatic N) is 5. The average molecular weight is 461 g/mol. The minimum Gasteiger partial charge on any atom is -0.475 e. The van der Waals surface area contributed by atoms with Gasteiger partial charge in [0.15, 0.2) is 5.96 Å². The lowest BCUT2D eigenvalue weighted by Gasteiger charge is -2.13. The molecule has 0 aliphatic carbocycles. The van der Waals surface area contributed by atoms with Crippen LogP contribution >= 0.6 is 24.0 Å². The van der Waals surface area contributed by atoms with Crippen LogP contribution in [0.5, 0.6) is 5.88 Å². The van der Waals surface area contributed by atoms with Crippen LogP contribution in [0.25, 0.3) is 0 Å². The summed E-state index contributed by atoms with van der Waals surface area (Å²) in [6.45, 7) is 2.04. The Bertz CT molecular complexity index is 663. The van der Waals surface area contributed by atoms with Gasteiger partial charge in [-0.2, -0.15) is 5.10 Å². The number of methoxy groups -OCH3 is 1. The Balaban J connectivity index is 0.00000312. The lowest BCUT2D eigenvalue weighted by atomic mass is 10.2. The van der Waals surface area contributed by atoms with Crippen LogP contribution in [-0.2, 0) is 24.9 Å². The van der Waals surface area contributed by atoms with Crippen molar-refractivity contribution in [3.8, 4) is 5.88 Å². The molecular formula is C15H24IN7O2. The first-order chi connectivity index (χ1) is 11.7. The average Bonchev–Trinajstić information content (AvgIpc) is 3.01. The van der Waals surface area contributed by atoms with Gasteiger partial charge in [-0.05, 0) is 6.07 Å². The number of nitrogens with one attached hydrogen (secondary N) is 2. The topological polar surface area (TPSA) is 98.5 Å². The summed E-state index contributed by atoms with van der Waals surface area (Å²) < 4.78 is 12.3. The van der Waals surface area contributed by atoms with E-state index in [1.807, 2.05) is 19.2 Å². The highest BCUT2D eigenvalue weighted by Crippen LogP contribution is 2.13. The van der Waals surface area contributed by atoms with Gasteiger partial charge in [0.1, 0.15) is 18.8 Å². The molecule has 2 rings (SSSR count). The lowest BCUT2D eigenvalue weighted by molar-refractivity contribution is 0.143. The molecule has 0 spiro atoms. The van der Waals surface area contributed by atoms with E-state index in [1.165, 1.54) is 6.33 Å². The Morgan fingerprint density at radius 1 is 1.24 bits per heavy atom. The van der Waals surface area contributed by atoms with Crippen LogP contribution in [0.15, 0.2) is 29.6 Å². The molecule has 9 nitrogen and oxygen atoms in total. The second-order valence-electron chi connectivity index (χ2n) is 4.89. The lowest BCUT2D eigenvalue weighted by Crippen LogP contribution is -2.37. The molecule has 0 aliphatic heterocycles. The summed E-state index contributed by atoms with van der Waals surface area (Å²) in [5.74, 6) is 2.07. The first-order valence-electron chi connectivity index (χ1n) is 7.57. The fourth-order valence-corrected chi connectivity index (χ4v) is 1.95. The summed E-state index contributed by atoms with van der Waals surface area (Å²) in [6.07, 6.45) is 3.22. The molecule has 0 saturated carbocycles. The number of rotatable bonds is 8. The van der Waals surface area contributed by atoms with Crippen molar-refractivity contribution in [1.29, 1.82) is 0 Å². The third-order valence-corrected chi connectivity index (χ3v) is 3.27. The molecule has 0 atom stereocenters. The minimum atomic E-state index is 0. The fraction of sp³-hybridized carbons (Fsp3) is 0.467. The van der Waals surface area contributed by atoms with Crippen LogP contribution in [0.1, 0.15) is 11.4 Å². The molecule has 0 fully saturated rings. The van der Waals surface area contributed by atoms with Crippen molar-refractivity contribution in [2.24, 2.45) is 12.0 Å². The number of hydrogen-bond acceptors (Lipinski definition) is 6. The Kier molecular flexibility index (Phi) is 9.77. The zero-order valence-corrected chi connectivity index (χ0v) is 16.9. The number of halogens is 1. The van der Waals surface area contributed by atoms with Crippen LogP contribution in [-0.4, -0.2) is 53.1 Å². The fourth-order valence-electron chi connectivity index (χ4n) is 1.95. The van der Waals surface area contributed by atoms with Crippen molar-refractivity contribution in [3.63, 3.8) is 0 Å². The van der Waals surface area contributed by atoms with Crippen LogP contribution in [0, 0.1) is 0 Å². The van der Waals surface area contributed by atoms with E-state index >= 15 is 0 Å². The SMILES string of the molecule is CN=C(NCc1cccnc1OCCOC)NCc1ncnn1C.I. The summed E-state index contributed by atoms with van der Waals surface area (Å²) in [4.78, 5) is 12.6. The van der Waals surface area contributed by atoms with Gasteiger partial charge in [-0.25, -0.2) is 9.97 Å². The van der Waals surface area contributed by atoms with Crippen LogP contribution in [0.3, 0.4) is 0 Å². The maximum Gasteiger partial charge on any atom is 0.218 e. The van der Waals surface area contributed by atoms with Gasteiger partial charge in [0.2, 0.25) is 5.88 Å². The second-order valence-corrected chi connectivity index (χ2v) is 4.89. The minimum absolute atomic E-state index is 0. The van der Waals surface area contributed by atoms with Gasteiger partial charge in [0.05, 0.1) is 13.2 Å². The Hall–Kier alpha value is -1.95. The number of pyridine rings is 1. The molecule has 2 aromatic heterocycles. The van der Waals surface area contributed by atoms with Crippen LogP contribution < -0.4 is 15.4 Å². The van der Waals surface area contributed by atoms with E-state index in [-0.39, 0.29) is 24.0 Å². The van der Waals surface area contributed by atoms with E-state index in [9.17, 15) is 0 Å². The molecule has 0 aliphatic rings. The van der Waals surface area contributed by atoms with E-state index in [1.54, 1.807) is 25.0 Å². The predicted molar refractivity (Wildman–Crippen MR) is 105 cm³/mol.